The lowest BCUT2D eigenvalue weighted by atomic mass is 10.1. The lowest BCUT2D eigenvalue weighted by Crippen LogP contribution is -2.39. The molecule has 1 N–H and O–H groups in total. The summed E-state index contributed by atoms with van der Waals surface area (Å²) in [6, 6.07) is 14.6. The third-order valence-corrected chi connectivity index (χ3v) is 6.80. The van der Waals surface area contributed by atoms with E-state index in [4.69, 9.17) is 4.42 Å². The molecule has 1 fully saturated rings. The molecule has 2 heterocycles. The van der Waals surface area contributed by atoms with E-state index >= 15 is 0 Å². The number of hydrogen-bond donors (Lipinski definition) is 1. The summed E-state index contributed by atoms with van der Waals surface area (Å²) in [5.41, 5.74) is 2.98. The van der Waals surface area contributed by atoms with Crippen LogP contribution in [0, 0.1) is 0 Å². The van der Waals surface area contributed by atoms with Crippen LogP contribution in [-0.4, -0.2) is 54.0 Å². The predicted octanol–water partition coefficient (Wildman–Crippen LogP) is 2.78. The number of hydrogen-bond acceptors (Lipinski definition) is 7. The van der Waals surface area contributed by atoms with Crippen molar-refractivity contribution in [1.29, 1.82) is 0 Å². The molecule has 0 atom stereocenters. The van der Waals surface area contributed by atoms with Gasteiger partial charge in [0.25, 0.3) is 5.91 Å². The molecular formula is C22H24N4O4S. The molecule has 8 nitrogen and oxygen atoms in total. The molecule has 1 amide bonds. The van der Waals surface area contributed by atoms with Gasteiger partial charge in [0.05, 0.1) is 11.5 Å². The summed E-state index contributed by atoms with van der Waals surface area (Å²) >= 11 is 0. The van der Waals surface area contributed by atoms with Crippen LogP contribution in [0.15, 0.2) is 52.9 Å². The molecule has 0 unspecified atom stereocenters. The highest BCUT2D eigenvalue weighted by atomic mass is 32.2. The van der Waals surface area contributed by atoms with Gasteiger partial charge in [0, 0.05) is 42.9 Å². The van der Waals surface area contributed by atoms with Crippen LogP contribution in [0.25, 0.3) is 11.5 Å². The third kappa shape index (κ3) is 5.36. The molecular weight excluding hydrogens is 416 g/mol. The van der Waals surface area contributed by atoms with Crippen LogP contribution in [0.5, 0.6) is 0 Å². The Bertz CT molecular complexity index is 1160. The molecule has 1 aliphatic rings. The highest BCUT2D eigenvalue weighted by Crippen LogP contribution is 2.21. The molecule has 2 aromatic carbocycles. The lowest BCUT2D eigenvalue weighted by molar-refractivity contribution is 0.102. The molecule has 1 aliphatic heterocycles. The molecule has 1 saturated heterocycles. The smallest absolute Gasteiger partial charge is 0.255 e. The van der Waals surface area contributed by atoms with Gasteiger partial charge in [0.1, 0.15) is 0 Å². The van der Waals surface area contributed by atoms with Crippen LogP contribution < -0.4 is 5.32 Å². The van der Waals surface area contributed by atoms with Gasteiger partial charge in [-0.15, -0.1) is 10.2 Å². The van der Waals surface area contributed by atoms with Gasteiger partial charge in [-0.2, -0.15) is 0 Å². The topological polar surface area (TPSA) is 105 Å². The van der Waals surface area contributed by atoms with E-state index in [1.807, 2.05) is 37.3 Å². The highest BCUT2D eigenvalue weighted by Gasteiger charge is 2.21. The Morgan fingerprint density at radius 3 is 2.52 bits per heavy atom. The first-order valence-corrected chi connectivity index (χ1v) is 12.0. The Balaban J connectivity index is 1.39. The van der Waals surface area contributed by atoms with Crippen molar-refractivity contribution in [3.8, 4) is 11.5 Å². The van der Waals surface area contributed by atoms with E-state index in [2.05, 4.69) is 20.4 Å². The predicted molar refractivity (Wildman–Crippen MR) is 117 cm³/mol. The van der Waals surface area contributed by atoms with Crippen molar-refractivity contribution in [1.82, 2.24) is 15.1 Å². The van der Waals surface area contributed by atoms with Crippen molar-refractivity contribution >= 4 is 21.4 Å². The minimum absolute atomic E-state index is 0.187. The second kappa shape index (κ2) is 8.99. The van der Waals surface area contributed by atoms with Gasteiger partial charge in [-0.25, -0.2) is 8.42 Å². The van der Waals surface area contributed by atoms with E-state index in [1.54, 1.807) is 18.2 Å². The summed E-state index contributed by atoms with van der Waals surface area (Å²) < 4.78 is 28.7. The Hall–Kier alpha value is -3.04. The Morgan fingerprint density at radius 2 is 1.84 bits per heavy atom. The molecule has 0 spiro atoms. The summed E-state index contributed by atoms with van der Waals surface area (Å²) in [6.07, 6.45) is 0.678. The Kier molecular flexibility index (Phi) is 6.15. The summed E-state index contributed by atoms with van der Waals surface area (Å²) in [7, 11) is -2.90. The summed E-state index contributed by atoms with van der Waals surface area (Å²) in [4.78, 5) is 14.8. The monoisotopic (exact) mass is 440 g/mol. The molecule has 0 aliphatic carbocycles. The minimum atomic E-state index is -2.90. The van der Waals surface area contributed by atoms with Crippen molar-refractivity contribution in [3.05, 3.63) is 65.5 Å². The summed E-state index contributed by atoms with van der Waals surface area (Å²) in [5.74, 6) is 1.20. The zero-order chi connectivity index (χ0) is 21.8. The quantitative estimate of drug-likeness (QED) is 0.628. The number of amides is 1. The minimum Gasteiger partial charge on any atom is -0.421 e. The molecule has 9 heteroatoms. The van der Waals surface area contributed by atoms with Gasteiger partial charge in [-0.3, -0.25) is 9.69 Å². The standard InChI is InChI=1S/C22H24N4O4S/c1-2-20-24-25-22(30-20)17-6-8-19(9-7-17)23-21(27)18-5-3-4-16(14-18)15-26-10-12-31(28,29)13-11-26/h3-9,14H,2,10-13,15H2,1H3,(H,23,27). The second-order valence-electron chi connectivity index (χ2n) is 7.51. The van der Waals surface area contributed by atoms with Crippen LogP contribution in [0.2, 0.25) is 0 Å². The number of aromatic nitrogens is 2. The van der Waals surface area contributed by atoms with Gasteiger partial charge < -0.3 is 9.73 Å². The van der Waals surface area contributed by atoms with Gasteiger partial charge in [-0.05, 0) is 42.0 Å². The maximum Gasteiger partial charge on any atom is 0.255 e. The maximum atomic E-state index is 12.7. The number of rotatable bonds is 6. The highest BCUT2D eigenvalue weighted by molar-refractivity contribution is 7.91. The fourth-order valence-corrected chi connectivity index (χ4v) is 4.67. The number of carbonyl (C=O) groups excluding carboxylic acids is 1. The van der Waals surface area contributed by atoms with Crippen molar-refractivity contribution in [2.75, 3.05) is 29.9 Å². The maximum absolute atomic E-state index is 12.7. The SMILES string of the molecule is CCc1nnc(-c2ccc(NC(=O)c3cccc(CN4CCS(=O)(=O)CC4)c3)cc2)o1. The van der Waals surface area contributed by atoms with Crippen molar-refractivity contribution in [2.45, 2.75) is 19.9 Å². The molecule has 0 saturated carbocycles. The fraction of sp³-hybridized carbons (Fsp3) is 0.318. The number of carbonyl (C=O) groups is 1. The zero-order valence-corrected chi connectivity index (χ0v) is 18.1. The van der Waals surface area contributed by atoms with E-state index in [-0.39, 0.29) is 17.4 Å². The fourth-order valence-electron chi connectivity index (χ4n) is 3.39. The van der Waals surface area contributed by atoms with Crippen LogP contribution in [-0.2, 0) is 22.8 Å². The van der Waals surface area contributed by atoms with Crippen LogP contribution in [0.1, 0.15) is 28.7 Å². The number of aryl methyl sites for hydroxylation is 1. The van der Waals surface area contributed by atoms with Crippen LogP contribution >= 0.6 is 0 Å². The van der Waals surface area contributed by atoms with Crippen molar-refractivity contribution in [3.63, 3.8) is 0 Å². The second-order valence-corrected chi connectivity index (χ2v) is 9.82. The number of sulfone groups is 1. The average molecular weight is 441 g/mol. The van der Waals surface area contributed by atoms with Gasteiger partial charge >= 0.3 is 0 Å². The zero-order valence-electron chi connectivity index (χ0n) is 17.2. The van der Waals surface area contributed by atoms with Gasteiger partial charge in [0.2, 0.25) is 11.8 Å². The molecule has 3 aromatic rings. The first kappa shape index (κ1) is 21.2. The van der Waals surface area contributed by atoms with Crippen molar-refractivity contribution < 1.29 is 17.6 Å². The Morgan fingerprint density at radius 1 is 1.10 bits per heavy atom. The van der Waals surface area contributed by atoms with E-state index in [0.29, 0.717) is 49.1 Å². The molecule has 1 aromatic heterocycles. The van der Waals surface area contributed by atoms with E-state index in [0.717, 1.165) is 11.1 Å². The number of nitrogens with one attached hydrogen (secondary N) is 1. The lowest BCUT2D eigenvalue weighted by Gasteiger charge is -2.26. The average Bonchev–Trinajstić information content (AvgIpc) is 3.25. The molecule has 0 bridgehead atoms. The molecule has 4 rings (SSSR count). The largest absolute Gasteiger partial charge is 0.421 e. The summed E-state index contributed by atoms with van der Waals surface area (Å²) in [6.45, 7) is 3.60. The number of anilines is 1. The van der Waals surface area contributed by atoms with Gasteiger partial charge in [0.15, 0.2) is 9.84 Å². The molecule has 31 heavy (non-hydrogen) atoms. The first-order chi connectivity index (χ1) is 14.9. The van der Waals surface area contributed by atoms with Crippen LogP contribution in [0.3, 0.4) is 0 Å². The molecule has 162 valence electrons. The van der Waals surface area contributed by atoms with E-state index < -0.39 is 9.84 Å². The van der Waals surface area contributed by atoms with Gasteiger partial charge in [-0.1, -0.05) is 19.1 Å². The van der Waals surface area contributed by atoms with Crippen LogP contribution in [0.4, 0.5) is 5.69 Å². The normalized spacial score (nSPS) is 16.2. The molecule has 0 radical (unpaired) electrons. The summed E-state index contributed by atoms with van der Waals surface area (Å²) in [5, 5.41) is 10.9. The van der Waals surface area contributed by atoms with E-state index in [9.17, 15) is 13.2 Å². The third-order valence-electron chi connectivity index (χ3n) is 5.19. The van der Waals surface area contributed by atoms with E-state index in [1.165, 1.54) is 0 Å². The number of nitrogens with zero attached hydrogens (tertiary/aromatic N) is 3. The van der Waals surface area contributed by atoms with Crippen molar-refractivity contribution in [2.24, 2.45) is 0 Å². The number of benzene rings is 2. The first-order valence-electron chi connectivity index (χ1n) is 10.2. The Labute approximate surface area is 181 Å².